The van der Waals surface area contributed by atoms with Crippen LogP contribution in [0.25, 0.3) is 17.7 Å². The zero-order valence-electron chi connectivity index (χ0n) is 21.0. The Hall–Kier alpha value is -3.50. The molecule has 0 aromatic heterocycles. The van der Waals surface area contributed by atoms with Crippen LogP contribution in [0, 0.1) is 0 Å². The molecule has 0 saturated carbocycles. The third kappa shape index (κ3) is 6.55. The number of benzene rings is 3. The molecule has 1 aliphatic rings. The molecule has 4 nitrogen and oxygen atoms in total. The van der Waals surface area contributed by atoms with Crippen LogP contribution in [0.2, 0.25) is 0 Å². The maximum Gasteiger partial charge on any atom is 0.131 e. The quantitative estimate of drug-likeness (QED) is 0.289. The molecule has 0 aliphatic carbocycles. The predicted octanol–water partition coefficient (Wildman–Crippen LogP) is 7.43. The monoisotopic (exact) mass is 470 g/mol. The molecule has 0 bridgehead atoms. The zero-order valence-corrected chi connectivity index (χ0v) is 21.0. The minimum atomic E-state index is -0.293. The highest BCUT2D eigenvalue weighted by Crippen LogP contribution is 2.35. The molecule has 4 heteroatoms. The van der Waals surface area contributed by atoms with Gasteiger partial charge in [-0.25, -0.2) is 0 Å². The Morgan fingerprint density at radius 1 is 0.971 bits per heavy atom. The summed E-state index contributed by atoms with van der Waals surface area (Å²) >= 11 is 0. The summed E-state index contributed by atoms with van der Waals surface area (Å²) in [6, 6.07) is 22.4. The number of ether oxygens (including phenoxy) is 4. The van der Waals surface area contributed by atoms with Gasteiger partial charge in [-0.1, -0.05) is 49.4 Å². The maximum absolute atomic E-state index is 6.31. The number of fused-ring (bicyclic) bond motifs is 1. The molecule has 3 aromatic carbocycles. The molecular formula is C31H34O4. The molecule has 1 heterocycles. The van der Waals surface area contributed by atoms with Crippen molar-refractivity contribution in [2.75, 3.05) is 20.3 Å². The molecule has 182 valence electrons. The van der Waals surface area contributed by atoms with Crippen molar-refractivity contribution >= 4 is 17.7 Å². The SMILES string of the molecule is CCCOc1ccc(/C(=C/c2ccc3c(c2)C=CC(C)(C)O3)COC)c(OCc2ccccc2)c1. The highest BCUT2D eigenvalue weighted by Gasteiger charge is 2.21. The highest BCUT2D eigenvalue weighted by atomic mass is 16.5. The minimum absolute atomic E-state index is 0.293. The van der Waals surface area contributed by atoms with Crippen molar-refractivity contribution in [2.24, 2.45) is 0 Å². The van der Waals surface area contributed by atoms with Crippen molar-refractivity contribution in [1.82, 2.24) is 0 Å². The summed E-state index contributed by atoms with van der Waals surface area (Å²) in [5.41, 5.74) is 4.97. The first-order chi connectivity index (χ1) is 17.0. The summed E-state index contributed by atoms with van der Waals surface area (Å²) in [6.45, 7) is 7.80. The summed E-state index contributed by atoms with van der Waals surface area (Å²) in [7, 11) is 1.71. The lowest BCUT2D eigenvalue weighted by Crippen LogP contribution is -2.27. The van der Waals surface area contributed by atoms with E-state index in [0.717, 1.165) is 51.5 Å². The van der Waals surface area contributed by atoms with Gasteiger partial charge >= 0.3 is 0 Å². The van der Waals surface area contributed by atoms with E-state index in [0.29, 0.717) is 19.8 Å². The summed E-state index contributed by atoms with van der Waals surface area (Å²) in [5, 5.41) is 0. The van der Waals surface area contributed by atoms with Crippen LogP contribution >= 0.6 is 0 Å². The first kappa shape index (κ1) is 24.6. The van der Waals surface area contributed by atoms with Crippen LogP contribution < -0.4 is 14.2 Å². The minimum Gasteiger partial charge on any atom is -0.493 e. The number of rotatable bonds is 10. The van der Waals surface area contributed by atoms with E-state index in [1.165, 1.54) is 0 Å². The van der Waals surface area contributed by atoms with Crippen LogP contribution in [0.15, 0.2) is 72.8 Å². The lowest BCUT2D eigenvalue weighted by atomic mass is 9.98. The molecule has 0 N–H and O–H groups in total. The molecule has 35 heavy (non-hydrogen) atoms. The van der Waals surface area contributed by atoms with Crippen LogP contribution in [-0.2, 0) is 11.3 Å². The van der Waals surface area contributed by atoms with E-state index in [-0.39, 0.29) is 5.60 Å². The van der Waals surface area contributed by atoms with Gasteiger partial charge in [0.15, 0.2) is 0 Å². The average molecular weight is 471 g/mol. The van der Waals surface area contributed by atoms with Crippen molar-refractivity contribution in [3.8, 4) is 17.2 Å². The third-order valence-corrected chi connectivity index (χ3v) is 5.72. The summed E-state index contributed by atoms with van der Waals surface area (Å²) in [4.78, 5) is 0. The van der Waals surface area contributed by atoms with Crippen LogP contribution in [0.3, 0.4) is 0 Å². The fourth-order valence-electron chi connectivity index (χ4n) is 3.97. The fourth-order valence-corrected chi connectivity index (χ4v) is 3.97. The molecular weight excluding hydrogens is 436 g/mol. The molecule has 0 spiro atoms. The Morgan fingerprint density at radius 2 is 1.80 bits per heavy atom. The van der Waals surface area contributed by atoms with E-state index in [4.69, 9.17) is 18.9 Å². The topological polar surface area (TPSA) is 36.9 Å². The van der Waals surface area contributed by atoms with E-state index in [2.05, 4.69) is 69.3 Å². The first-order valence-electron chi connectivity index (χ1n) is 12.1. The largest absolute Gasteiger partial charge is 0.493 e. The third-order valence-electron chi connectivity index (χ3n) is 5.72. The van der Waals surface area contributed by atoms with Gasteiger partial charge in [0.05, 0.1) is 13.2 Å². The van der Waals surface area contributed by atoms with E-state index >= 15 is 0 Å². The Bertz CT molecular complexity index is 1190. The molecule has 4 rings (SSSR count). The summed E-state index contributed by atoms with van der Waals surface area (Å²) < 4.78 is 23.9. The molecule has 0 atom stereocenters. The number of hydrogen-bond donors (Lipinski definition) is 0. The van der Waals surface area contributed by atoms with E-state index in [1.54, 1.807) is 7.11 Å². The van der Waals surface area contributed by atoms with Gasteiger partial charge in [0.1, 0.15) is 29.5 Å². The van der Waals surface area contributed by atoms with Crippen LogP contribution in [0.4, 0.5) is 0 Å². The number of methoxy groups -OCH3 is 1. The molecule has 0 unspecified atom stereocenters. The Labute approximate surface area is 208 Å². The van der Waals surface area contributed by atoms with Crippen molar-refractivity contribution < 1.29 is 18.9 Å². The normalized spacial score (nSPS) is 14.2. The zero-order chi connectivity index (χ0) is 24.7. The smallest absolute Gasteiger partial charge is 0.131 e. The predicted molar refractivity (Wildman–Crippen MR) is 143 cm³/mol. The molecule has 0 radical (unpaired) electrons. The van der Waals surface area contributed by atoms with Gasteiger partial charge in [-0.3, -0.25) is 0 Å². The summed E-state index contributed by atoms with van der Waals surface area (Å²) in [5.74, 6) is 2.47. The molecule has 0 amide bonds. The Morgan fingerprint density at radius 3 is 2.57 bits per heavy atom. The molecule has 0 saturated heterocycles. The van der Waals surface area contributed by atoms with Crippen molar-refractivity contribution in [3.63, 3.8) is 0 Å². The van der Waals surface area contributed by atoms with Crippen LogP contribution in [-0.4, -0.2) is 25.9 Å². The first-order valence-corrected chi connectivity index (χ1v) is 12.1. The second-order valence-corrected chi connectivity index (χ2v) is 9.22. The second-order valence-electron chi connectivity index (χ2n) is 9.22. The maximum atomic E-state index is 6.31. The molecule has 1 aliphatic heterocycles. The number of hydrogen-bond acceptors (Lipinski definition) is 4. The molecule has 0 fully saturated rings. The fraction of sp³-hybridized carbons (Fsp3) is 0.290. The van der Waals surface area contributed by atoms with Crippen molar-refractivity contribution in [1.29, 1.82) is 0 Å². The van der Waals surface area contributed by atoms with Gasteiger partial charge < -0.3 is 18.9 Å². The second kappa shape index (κ2) is 11.3. The van der Waals surface area contributed by atoms with Crippen LogP contribution in [0.1, 0.15) is 49.4 Å². The van der Waals surface area contributed by atoms with Gasteiger partial charge in [0.25, 0.3) is 0 Å². The van der Waals surface area contributed by atoms with E-state index < -0.39 is 0 Å². The van der Waals surface area contributed by atoms with E-state index in [9.17, 15) is 0 Å². The average Bonchev–Trinajstić information content (AvgIpc) is 2.86. The Balaban J connectivity index is 1.68. The standard InChI is InChI=1S/C31H34O4/c1-5-17-33-27-12-13-28(30(20-27)34-21-23-9-7-6-8-10-23)26(22-32-4)19-24-11-14-29-25(18-24)15-16-31(2,3)35-29/h6-16,18-20H,5,17,21-22H2,1-4H3/b26-19+. The van der Waals surface area contributed by atoms with Crippen molar-refractivity contribution in [3.05, 3.63) is 95.1 Å². The lowest BCUT2D eigenvalue weighted by Gasteiger charge is -2.28. The van der Waals surface area contributed by atoms with Gasteiger partial charge in [-0.2, -0.15) is 0 Å². The van der Waals surface area contributed by atoms with Gasteiger partial charge in [0.2, 0.25) is 0 Å². The summed E-state index contributed by atoms with van der Waals surface area (Å²) in [6.07, 6.45) is 7.31. The van der Waals surface area contributed by atoms with Crippen molar-refractivity contribution in [2.45, 2.75) is 39.4 Å². The highest BCUT2D eigenvalue weighted by molar-refractivity contribution is 5.85. The Kier molecular flexibility index (Phi) is 7.94. The van der Waals surface area contributed by atoms with Gasteiger partial charge in [-0.05, 0) is 73.4 Å². The molecule has 3 aromatic rings. The van der Waals surface area contributed by atoms with Crippen LogP contribution in [0.5, 0.6) is 17.2 Å². The van der Waals surface area contributed by atoms with E-state index in [1.807, 2.05) is 36.4 Å². The lowest BCUT2D eigenvalue weighted by molar-refractivity contribution is 0.159. The van der Waals surface area contributed by atoms with Gasteiger partial charge in [0, 0.05) is 24.3 Å². The van der Waals surface area contributed by atoms with Gasteiger partial charge in [-0.15, -0.1) is 0 Å².